The summed E-state index contributed by atoms with van der Waals surface area (Å²) in [4.78, 5) is 2.32. The van der Waals surface area contributed by atoms with Gasteiger partial charge in [-0.1, -0.05) is 22.0 Å². The number of rotatable bonds is 3. The Bertz CT molecular complexity index is 493. The van der Waals surface area contributed by atoms with Crippen LogP contribution in [-0.2, 0) is 6.54 Å². The lowest BCUT2D eigenvalue weighted by Crippen LogP contribution is -2.41. The third kappa shape index (κ3) is 3.50. The van der Waals surface area contributed by atoms with Crippen molar-refractivity contribution in [1.82, 2.24) is 4.90 Å². The van der Waals surface area contributed by atoms with E-state index in [-0.39, 0.29) is 10.6 Å². The lowest BCUT2D eigenvalue weighted by Gasteiger charge is -2.36. The fourth-order valence-corrected chi connectivity index (χ4v) is 3.48. The van der Waals surface area contributed by atoms with E-state index in [0.717, 1.165) is 42.5 Å². The lowest BCUT2D eigenvalue weighted by molar-refractivity contribution is 0.209. The van der Waals surface area contributed by atoms with Gasteiger partial charge in [0, 0.05) is 24.1 Å². The minimum atomic E-state index is -0.222. The van der Waals surface area contributed by atoms with Crippen molar-refractivity contribution in [3.05, 3.63) is 34.1 Å². The van der Waals surface area contributed by atoms with Crippen molar-refractivity contribution in [3.63, 3.8) is 0 Å². The molecule has 1 aromatic carbocycles. The van der Waals surface area contributed by atoms with Gasteiger partial charge in [0.2, 0.25) is 0 Å². The molecule has 2 nitrogen and oxygen atoms in total. The fraction of sp³-hybridized carbons (Fsp3) is 0.500. The van der Waals surface area contributed by atoms with E-state index >= 15 is 0 Å². The van der Waals surface area contributed by atoms with Gasteiger partial charge in [-0.3, -0.25) is 4.90 Å². The Morgan fingerprint density at radius 3 is 2.68 bits per heavy atom. The molecule has 0 spiro atoms. The van der Waals surface area contributed by atoms with Gasteiger partial charge in [-0.15, -0.1) is 11.8 Å². The van der Waals surface area contributed by atoms with Gasteiger partial charge in [-0.2, -0.15) is 5.26 Å². The molecule has 2 rings (SSSR count). The van der Waals surface area contributed by atoms with Crippen molar-refractivity contribution < 1.29 is 4.39 Å². The summed E-state index contributed by atoms with van der Waals surface area (Å²) >= 11 is 5.06. The van der Waals surface area contributed by atoms with E-state index in [1.54, 1.807) is 11.8 Å². The number of thioether (sulfide) groups is 1. The normalized spacial score (nSPS) is 19.1. The second-order valence-electron chi connectivity index (χ2n) is 4.82. The van der Waals surface area contributed by atoms with Crippen LogP contribution < -0.4 is 0 Å². The summed E-state index contributed by atoms with van der Waals surface area (Å²) in [6.45, 7) is 2.63. The van der Waals surface area contributed by atoms with Crippen LogP contribution >= 0.6 is 27.7 Å². The number of piperidine rings is 1. The molecule has 0 bridgehead atoms. The average molecular weight is 343 g/mol. The molecule has 102 valence electrons. The van der Waals surface area contributed by atoms with E-state index in [1.807, 2.05) is 12.3 Å². The molecular weight excluding hydrogens is 327 g/mol. The highest BCUT2D eigenvalue weighted by Crippen LogP contribution is 2.34. The first kappa shape index (κ1) is 14.8. The average Bonchev–Trinajstić information content (AvgIpc) is 2.43. The quantitative estimate of drug-likeness (QED) is 0.835. The van der Waals surface area contributed by atoms with Crippen molar-refractivity contribution in [2.24, 2.45) is 0 Å². The van der Waals surface area contributed by atoms with Crippen LogP contribution in [0.1, 0.15) is 18.4 Å². The molecule has 5 heteroatoms. The van der Waals surface area contributed by atoms with Crippen LogP contribution in [-0.4, -0.2) is 29.0 Å². The molecule has 0 saturated carbocycles. The first-order chi connectivity index (χ1) is 9.08. The highest BCUT2D eigenvalue weighted by Gasteiger charge is 2.33. The van der Waals surface area contributed by atoms with Crippen molar-refractivity contribution >= 4 is 27.7 Å². The Hall–Kier alpha value is -0.570. The van der Waals surface area contributed by atoms with E-state index in [9.17, 15) is 9.65 Å². The largest absolute Gasteiger partial charge is 0.299 e. The summed E-state index contributed by atoms with van der Waals surface area (Å²) in [6.07, 6.45) is 3.79. The van der Waals surface area contributed by atoms with Crippen LogP contribution in [0.4, 0.5) is 4.39 Å². The minimum Gasteiger partial charge on any atom is -0.299 e. The molecule has 0 aromatic heterocycles. The van der Waals surface area contributed by atoms with Crippen LogP contribution in [0.5, 0.6) is 0 Å². The number of likely N-dealkylation sites (tertiary alicyclic amines) is 1. The van der Waals surface area contributed by atoms with Gasteiger partial charge in [0.1, 0.15) is 10.6 Å². The Kier molecular flexibility index (Phi) is 4.88. The lowest BCUT2D eigenvalue weighted by atomic mass is 9.97. The molecular formula is C14H16BrFN2S. The number of hydrogen-bond acceptors (Lipinski definition) is 3. The van der Waals surface area contributed by atoms with Crippen LogP contribution in [0.15, 0.2) is 22.7 Å². The molecule has 0 N–H and O–H groups in total. The third-order valence-corrected chi connectivity index (χ3v) is 5.69. The third-order valence-electron chi connectivity index (χ3n) is 3.67. The van der Waals surface area contributed by atoms with E-state index in [4.69, 9.17) is 0 Å². The zero-order valence-electron chi connectivity index (χ0n) is 10.8. The summed E-state index contributed by atoms with van der Waals surface area (Å²) < 4.78 is 13.6. The fourth-order valence-electron chi connectivity index (χ4n) is 2.32. The monoisotopic (exact) mass is 342 g/mol. The molecule has 1 heterocycles. The zero-order chi connectivity index (χ0) is 13.9. The second-order valence-corrected chi connectivity index (χ2v) is 6.87. The van der Waals surface area contributed by atoms with Crippen molar-refractivity contribution in [3.8, 4) is 6.07 Å². The Morgan fingerprint density at radius 1 is 1.47 bits per heavy atom. The van der Waals surface area contributed by atoms with Crippen molar-refractivity contribution in [2.75, 3.05) is 19.3 Å². The molecule has 1 fully saturated rings. The van der Waals surface area contributed by atoms with Crippen LogP contribution in [0.25, 0.3) is 0 Å². The summed E-state index contributed by atoms with van der Waals surface area (Å²) in [7, 11) is 0. The second kappa shape index (κ2) is 6.25. The molecule has 0 amide bonds. The molecule has 19 heavy (non-hydrogen) atoms. The topological polar surface area (TPSA) is 27.0 Å². The smallest absolute Gasteiger partial charge is 0.124 e. The number of halogens is 2. The summed E-state index contributed by atoms with van der Waals surface area (Å²) in [5.41, 5.74) is 1.09. The minimum absolute atomic E-state index is 0.212. The molecule has 1 aliphatic rings. The standard InChI is InChI=1S/C14H16BrFN2S/c1-19-14(10-17)4-6-18(7-5-14)9-11-2-3-12(16)8-13(11)15/h2-3,8H,4-7,9H2,1H3. The van der Waals surface area contributed by atoms with E-state index in [1.165, 1.54) is 12.1 Å². The number of nitriles is 1. The SMILES string of the molecule is CSC1(C#N)CCN(Cc2ccc(F)cc2Br)CC1. The molecule has 0 radical (unpaired) electrons. The van der Waals surface area contributed by atoms with Crippen molar-refractivity contribution in [1.29, 1.82) is 5.26 Å². The molecule has 1 aliphatic heterocycles. The Morgan fingerprint density at radius 2 is 2.16 bits per heavy atom. The van der Waals surface area contributed by atoms with Gasteiger partial charge in [0.25, 0.3) is 0 Å². The first-order valence-electron chi connectivity index (χ1n) is 6.21. The summed E-state index contributed by atoms with van der Waals surface area (Å²) in [5, 5.41) is 9.25. The number of hydrogen-bond donors (Lipinski definition) is 0. The van der Waals surface area contributed by atoms with Crippen LogP contribution in [0.3, 0.4) is 0 Å². The predicted octanol–water partition coefficient (Wildman–Crippen LogP) is 3.81. The summed E-state index contributed by atoms with van der Waals surface area (Å²) in [6, 6.07) is 7.26. The van der Waals surface area contributed by atoms with Gasteiger partial charge < -0.3 is 0 Å². The maximum Gasteiger partial charge on any atom is 0.124 e. The Balaban J connectivity index is 1.98. The molecule has 0 unspecified atom stereocenters. The van der Waals surface area contributed by atoms with E-state index in [2.05, 4.69) is 26.9 Å². The highest BCUT2D eigenvalue weighted by atomic mass is 79.9. The van der Waals surface area contributed by atoms with Gasteiger partial charge >= 0.3 is 0 Å². The molecule has 0 atom stereocenters. The van der Waals surface area contributed by atoms with Crippen molar-refractivity contribution in [2.45, 2.75) is 24.1 Å². The zero-order valence-corrected chi connectivity index (χ0v) is 13.2. The maximum atomic E-state index is 13.0. The molecule has 1 saturated heterocycles. The van der Waals surface area contributed by atoms with Gasteiger partial charge in [0.05, 0.1) is 6.07 Å². The Labute approximate surface area is 126 Å². The van der Waals surface area contributed by atoms with Gasteiger partial charge in [-0.25, -0.2) is 4.39 Å². The van der Waals surface area contributed by atoms with Gasteiger partial charge in [-0.05, 0) is 36.8 Å². The van der Waals surface area contributed by atoms with E-state index < -0.39 is 0 Å². The first-order valence-corrected chi connectivity index (χ1v) is 8.23. The maximum absolute atomic E-state index is 13.0. The highest BCUT2D eigenvalue weighted by molar-refractivity contribution is 9.10. The van der Waals surface area contributed by atoms with Crippen LogP contribution in [0, 0.1) is 17.1 Å². The predicted molar refractivity (Wildman–Crippen MR) is 80.5 cm³/mol. The van der Waals surface area contributed by atoms with Crippen LogP contribution in [0.2, 0.25) is 0 Å². The summed E-state index contributed by atoms with van der Waals surface area (Å²) in [5.74, 6) is -0.222. The van der Waals surface area contributed by atoms with E-state index in [0.29, 0.717) is 0 Å². The molecule has 0 aliphatic carbocycles. The van der Waals surface area contributed by atoms with Gasteiger partial charge in [0.15, 0.2) is 0 Å². The number of nitrogens with zero attached hydrogens (tertiary/aromatic N) is 2. The molecule has 1 aromatic rings. The number of benzene rings is 1.